The van der Waals surface area contributed by atoms with Crippen molar-refractivity contribution in [1.82, 2.24) is 5.32 Å². The van der Waals surface area contributed by atoms with Gasteiger partial charge < -0.3 is 14.2 Å². The van der Waals surface area contributed by atoms with Gasteiger partial charge in [0.2, 0.25) is 0 Å². The van der Waals surface area contributed by atoms with Crippen molar-refractivity contribution in [3.63, 3.8) is 0 Å². The number of amides is 1. The highest BCUT2D eigenvalue weighted by Crippen LogP contribution is 2.30. The molecule has 0 radical (unpaired) electrons. The first-order valence-corrected chi connectivity index (χ1v) is 8.97. The molecule has 0 aromatic heterocycles. The maximum Gasteiger partial charge on any atom is 0.331 e. The monoisotopic (exact) mass is 402 g/mol. The fourth-order valence-corrected chi connectivity index (χ4v) is 2.80. The van der Waals surface area contributed by atoms with Crippen LogP contribution in [0.25, 0.3) is 0 Å². The number of carbonyl (C=O) groups is 2. The van der Waals surface area contributed by atoms with E-state index in [1.807, 2.05) is 0 Å². The van der Waals surface area contributed by atoms with Crippen molar-refractivity contribution in [3.05, 3.63) is 34.7 Å². The number of para-hydroxylation sites is 1. The largest absolute Gasteiger partial charge is 0.493 e. The number of thioether (sulfide) groups is 1. The maximum atomic E-state index is 11.8. The van der Waals surface area contributed by atoms with Gasteiger partial charge in [-0.3, -0.25) is 10.1 Å². The molecular weight excluding hydrogens is 384 g/mol. The highest BCUT2D eigenvalue weighted by Gasteiger charge is 2.25. The molecule has 1 heterocycles. The van der Waals surface area contributed by atoms with Crippen molar-refractivity contribution in [2.24, 2.45) is 10.2 Å². The second kappa shape index (κ2) is 10.7. The summed E-state index contributed by atoms with van der Waals surface area (Å²) in [7, 11) is 2.75. The average molecular weight is 402 g/mol. The molecule has 0 spiro atoms. The second-order valence-electron chi connectivity index (χ2n) is 5.23. The zero-order valence-corrected chi connectivity index (χ0v) is 16.1. The van der Waals surface area contributed by atoms with Crippen molar-refractivity contribution in [2.45, 2.75) is 12.8 Å². The third-order valence-corrected chi connectivity index (χ3v) is 4.26. The van der Waals surface area contributed by atoms with E-state index in [0.717, 1.165) is 17.8 Å². The number of nitrogens with one attached hydrogen (secondary N) is 1. The van der Waals surface area contributed by atoms with E-state index in [2.05, 4.69) is 26.3 Å². The van der Waals surface area contributed by atoms with Crippen LogP contribution < -0.4 is 14.8 Å². The molecule has 1 aromatic carbocycles. The molecule has 1 N–H and O–H groups in total. The Labute approximate surface area is 166 Å². The standard InChI is InChI=1S/C18H18N4O5S/c1-25-13-7-5-6-12(16(13)27-9-4-3-8-19)11-20-22-18-21-17(24)14(28-18)10-15(23)26-2/h5-7,10-11H,3-4,9H2,1-2H3,(H,21,22,24)/b14-10+,20-11?. The number of methoxy groups -OCH3 is 2. The van der Waals surface area contributed by atoms with Gasteiger partial charge >= 0.3 is 5.97 Å². The van der Waals surface area contributed by atoms with E-state index in [0.29, 0.717) is 36.5 Å². The van der Waals surface area contributed by atoms with Crippen LogP contribution in [0, 0.1) is 11.3 Å². The van der Waals surface area contributed by atoms with Gasteiger partial charge in [-0.1, -0.05) is 6.07 Å². The molecule has 1 aromatic rings. The minimum Gasteiger partial charge on any atom is -0.493 e. The van der Waals surface area contributed by atoms with Crippen molar-refractivity contribution in [2.75, 3.05) is 20.8 Å². The topological polar surface area (TPSA) is 122 Å². The van der Waals surface area contributed by atoms with E-state index in [1.165, 1.54) is 20.4 Å². The summed E-state index contributed by atoms with van der Waals surface area (Å²) in [6.07, 6.45) is 3.53. The Hall–Kier alpha value is -3.32. The fourth-order valence-electron chi connectivity index (χ4n) is 2.06. The van der Waals surface area contributed by atoms with Gasteiger partial charge in [-0.25, -0.2) is 4.79 Å². The summed E-state index contributed by atoms with van der Waals surface area (Å²) in [6, 6.07) is 7.36. The van der Waals surface area contributed by atoms with E-state index in [4.69, 9.17) is 14.7 Å². The quantitative estimate of drug-likeness (QED) is 0.232. The Morgan fingerprint density at radius 1 is 1.39 bits per heavy atom. The van der Waals surface area contributed by atoms with Crippen LogP contribution in [0.4, 0.5) is 0 Å². The highest BCUT2D eigenvalue weighted by atomic mass is 32.2. The number of amidine groups is 1. The predicted molar refractivity (Wildman–Crippen MR) is 104 cm³/mol. The van der Waals surface area contributed by atoms with Gasteiger partial charge in [-0.05, 0) is 30.3 Å². The van der Waals surface area contributed by atoms with Crippen LogP contribution in [0.5, 0.6) is 11.5 Å². The molecule has 1 fully saturated rings. The first-order chi connectivity index (χ1) is 13.6. The SMILES string of the molecule is COC(=O)/C=C1/S/C(=N\N=Cc2cccc(OC)c2OCCCC#N)NC1=O. The van der Waals surface area contributed by atoms with Crippen molar-refractivity contribution >= 4 is 35.0 Å². The summed E-state index contributed by atoms with van der Waals surface area (Å²) >= 11 is 0.978. The lowest BCUT2D eigenvalue weighted by Gasteiger charge is -2.12. The molecule has 0 unspecified atom stereocenters. The lowest BCUT2D eigenvalue weighted by atomic mass is 10.2. The van der Waals surface area contributed by atoms with Crippen LogP contribution in [0.2, 0.25) is 0 Å². The number of ether oxygens (including phenoxy) is 3. The third kappa shape index (κ3) is 5.85. The molecule has 0 bridgehead atoms. The molecule has 1 saturated heterocycles. The summed E-state index contributed by atoms with van der Waals surface area (Å²) in [5, 5.41) is 19.3. The van der Waals surface area contributed by atoms with Crippen molar-refractivity contribution in [1.29, 1.82) is 5.26 Å². The number of rotatable bonds is 8. The van der Waals surface area contributed by atoms with Crippen LogP contribution in [0.3, 0.4) is 0 Å². The van der Waals surface area contributed by atoms with Gasteiger partial charge in [0.05, 0.1) is 38.0 Å². The number of esters is 1. The number of nitrogens with zero attached hydrogens (tertiary/aromatic N) is 3. The zero-order valence-electron chi connectivity index (χ0n) is 15.3. The number of unbranched alkanes of at least 4 members (excludes halogenated alkanes) is 1. The Balaban J connectivity index is 2.12. The van der Waals surface area contributed by atoms with E-state index in [-0.39, 0.29) is 10.1 Å². The molecular formula is C18H18N4O5S. The predicted octanol–water partition coefficient (Wildman–Crippen LogP) is 1.99. The van der Waals surface area contributed by atoms with Gasteiger partial charge in [-0.2, -0.15) is 10.4 Å². The normalized spacial score (nSPS) is 16.2. The molecule has 146 valence electrons. The van der Waals surface area contributed by atoms with Crippen molar-refractivity contribution in [3.8, 4) is 17.6 Å². The zero-order chi connectivity index (χ0) is 20.4. The van der Waals surface area contributed by atoms with Crippen LogP contribution in [0.15, 0.2) is 39.4 Å². The molecule has 1 aliphatic rings. The first-order valence-electron chi connectivity index (χ1n) is 8.15. The molecule has 0 saturated carbocycles. The van der Waals surface area contributed by atoms with E-state index >= 15 is 0 Å². The van der Waals surface area contributed by atoms with Gasteiger partial charge in [-0.15, -0.1) is 5.10 Å². The minimum absolute atomic E-state index is 0.170. The molecule has 1 aliphatic heterocycles. The lowest BCUT2D eigenvalue weighted by molar-refractivity contribution is -0.135. The van der Waals surface area contributed by atoms with Gasteiger partial charge in [0.25, 0.3) is 5.91 Å². The molecule has 0 aliphatic carbocycles. The lowest BCUT2D eigenvalue weighted by Crippen LogP contribution is -2.19. The molecule has 2 rings (SSSR count). The van der Waals surface area contributed by atoms with Gasteiger partial charge in [0.15, 0.2) is 16.7 Å². The Morgan fingerprint density at radius 3 is 2.93 bits per heavy atom. The van der Waals surface area contributed by atoms with Crippen LogP contribution in [-0.4, -0.2) is 44.1 Å². The highest BCUT2D eigenvalue weighted by molar-refractivity contribution is 8.18. The Bertz CT molecular complexity index is 873. The van der Waals surface area contributed by atoms with Crippen LogP contribution in [-0.2, 0) is 14.3 Å². The number of carbonyl (C=O) groups excluding carboxylic acids is 2. The summed E-state index contributed by atoms with van der Waals surface area (Å²) in [6.45, 7) is 0.358. The molecule has 10 heteroatoms. The summed E-state index contributed by atoms with van der Waals surface area (Å²) < 4.78 is 15.5. The van der Waals surface area contributed by atoms with E-state index in [9.17, 15) is 9.59 Å². The van der Waals surface area contributed by atoms with Gasteiger partial charge in [0, 0.05) is 18.1 Å². The summed E-state index contributed by atoms with van der Waals surface area (Å²) in [5.41, 5.74) is 0.625. The maximum absolute atomic E-state index is 11.8. The Kier molecular flexibility index (Phi) is 8.05. The van der Waals surface area contributed by atoms with E-state index in [1.54, 1.807) is 18.2 Å². The smallest absolute Gasteiger partial charge is 0.331 e. The number of nitriles is 1. The minimum atomic E-state index is -0.628. The summed E-state index contributed by atoms with van der Waals surface area (Å²) in [4.78, 5) is 23.2. The first kappa shape index (κ1) is 21.0. The van der Waals surface area contributed by atoms with Crippen LogP contribution in [0.1, 0.15) is 18.4 Å². The number of hydrogen-bond donors (Lipinski definition) is 1. The number of benzene rings is 1. The fraction of sp³-hybridized carbons (Fsp3) is 0.278. The second-order valence-corrected chi connectivity index (χ2v) is 6.26. The molecule has 9 nitrogen and oxygen atoms in total. The van der Waals surface area contributed by atoms with Crippen LogP contribution >= 0.6 is 11.8 Å². The molecule has 0 atom stereocenters. The molecule has 1 amide bonds. The Morgan fingerprint density at radius 2 is 2.21 bits per heavy atom. The number of hydrogen-bond acceptors (Lipinski definition) is 9. The van der Waals surface area contributed by atoms with Crippen molar-refractivity contribution < 1.29 is 23.8 Å². The average Bonchev–Trinajstić information content (AvgIpc) is 3.04. The third-order valence-electron chi connectivity index (χ3n) is 3.35. The van der Waals surface area contributed by atoms with Gasteiger partial charge in [0.1, 0.15) is 0 Å². The summed E-state index contributed by atoms with van der Waals surface area (Å²) in [5.74, 6) is -0.0640. The van der Waals surface area contributed by atoms with E-state index < -0.39 is 11.9 Å². The molecule has 28 heavy (non-hydrogen) atoms.